The highest BCUT2D eigenvalue weighted by Gasteiger charge is 2.18. The molecular weight excluding hydrogens is 198 g/mol. The van der Waals surface area contributed by atoms with Gasteiger partial charge in [0, 0.05) is 12.5 Å². The molecule has 1 aromatic carbocycles. The smallest absolute Gasteiger partial charge is 0.192 e. The fourth-order valence-electron chi connectivity index (χ4n) is 1.69. The van der Waals surface area contributed by atoms with E-state index in [2.05, 4.69) is 31.8 Å². The van der Waals surface area contributed by atoms with Crippen molar-refractivity contribution in [2.45, 2.75) is 27.7 Å². The molecule has 1 heterocycles. The first-order valence-corrected chi connectivity index (χ1v) is 5.51. The van der Waals surface area contributed by atoms with E-state index < -0.39 is 0 Å². The van der Waals surface area contributed by atoms with Gasteiger partial charge in [-0.05, 0) is 23.6 Å². The average molecular weight is 215 g/mol. The van der Waals surface area contributed by atoms with Gasteiger partial charge in [-0.3, -0.25) is 0 Å². The fourth-order valence-corrected chi connectivity index (χ4v) is 1.69. The first kappa shape index (κ1) is 10.9. The van der Waals surface area contributed by atoms with Gasteiger partial charge in [-0.2, -0.15) is 0 Å². The number of para-hydroxylation sites is 1. The number of nitrogens with zero attached hydrogens (tertiary/aromatic N) is 1. The molecule has 0 unspecified atom stereocenters. The molecular formula is C14H17NO. The van der Waals surface area contributed by atoms with Crippen LogP contribution in [0.15, 0.2) is 35.3 Å². The summed E-state index contributed by atoms with van der Waals surface area (Å²) in [6.07, 6.45) is 2.14. The van der Waals surface area contributed by atoms with Crippen LogP contribution in [0.3, 0.4) is 0 Å². The summed E-state index contributed by atoms with van der Waals surface area (Å²) in [4.78, 5) is 4.38. The van der Waals surface area contributed by atoms with Crippen molar-refractivity contribution in [1.82, 2.24) is 0 Å². The molecule has 0 radical (unpaired) electrons. The molecule has 0 spiro atoms. The second-order valence-electron chi connectivity index (χ2n) is 5.12. The van der Waals surface area contributed by atoms with Crippen molar-refractivity contribution in [1.29, 1.82) is 0 Å². The summed E-state index contributed by atoms with van der Waals surface area (Å²) in [5.74, 6) is 1.62. The number of hydrogen-bond acceptors (Lipinski definition) is 2. The van der Waals surface area contributed by atoms with Crippen molar-refractivity contribution >= 4 is 17.3 Å². The Bertz CT molecular complexity index is 464. The first-order valence-electron chi connectivity index (χ1n) is 5.51. The van der Waals surface area contributed by atoms with Crippen molar-refractivity contribution in [3.05, 3.63) is 35.9 Å². The van der Waals surface area contributed by atoms with E-state index >= 15 is 0 Å². The van der Waals surface area contributed by atoms with Gasteiger partial charge in [-0.25, -0.2) is 4.99 Å². The van der Waals surface area contributed by atoms with Crippen molar-refractivity contribution in [2.24, 2.45) is 10.4 Å². The van der Waals surface area contributed by atoms with Crippen LogP contribution in [0.5, 0.6) is 0 Å². The predicted molar refractivity (Wildman–Crippen MR) is 67.7 cm³/mol. The van der Waals surface area contributed by atoms with Gasteiger partial charge in [0.2, 0.25) is 0 Å². The molecule has 0 atom stereocenters. The Hall–Kier alpha value is -1.57. The van der Waals surface area contributed by atoms with Gasteiger partial charge in [-0.15, -0.1) is 0 Å². The highest BCUT2D eigenvalue weighted by Crippen LogP contribution is 2.34. The van der Waals surface area contributed by atoms with Crippen LogP contribution in [-0.4, -0.2) is 5.90 Å². The average Bonchev–Trinajstić information content (AvgIpc) is 2.14. The Morgan fingerprint density at radius 1 is 1.19 bits per heavy atom. The monoisotopic (exact) mass is 215 g/mol. The lowest BCUT2D eigenvalue weighted by Crippen LogP contribution is -2.09. The number of fused-ring (bicyclic) bond motifs is 1. The van der Waals surface area contributed by atoms with Crippen LogP contribution in [-0.2, 0) is 4.74 Å². The van der Waals surface area contributed by atoms with E-state index in [1.54, 1.807) is 0 Å². The van der Waals surface area contributed by atoms with E-state index in [4.69, 9.17) is 4.74 Å². The molecule has 1 aromatic rings. The molecule has 0 amide bonds. The highest BCUT2D eigenvalue weighted by atomic mass is 16.5. The molecule has 2 heteroatoms. The van der Waals surface area contributed by atoms with Crippen LogP contribution < -0.4 is 0 Å². The molecule has 2 nitrogen and oxygen atoms in total. The largest absolute Gasteiger partial charge is 0.443 e. The number of rotatable bonds is 0. The topological polar surface area (TPSA) is 21.6 Å². The third kappa shape index (κ3) is 2.32. The quantitative estimate of drug-likeness (QED) is 0.637. The van der Waals surface area contributed by atoms with Crippen molar-refractivity contribution in [2.75, 3.05) is 0 Å². The van der Waals surface area contributed by atoms with E-state index in [1.165, 1.54) is 0 Å². The zero-order valence-corrected chi connectivity index (χ0v) is 10.2. The Morgan fingerprint density at radius 2 is 1.88 bits per heavy atom. The summed E-state index contributed by atoms with van der Waals surface area (Å²) in [5, 5.41) is 0. The molecule has 0 aliphatic carbocycles. The normalized spacial score (nSPS) is 17.8. The van der Waals surface area contributed by atoms with Crippen molar-refractivity contribution < 1.29 is 4.74 Å². The summed E-state index contributed by atoms with van der Waals surface area (Å²) < 4.78 is 5.70. The van der Waals surface area contributed by atoms with Crippen LogP contribution in [0.1, 0.15) is 33.3 Å². The lowest BCUT2D eigenvalue weighted by molar-refractivity contribution is 0.471. The third-order valence-electron chi connectivity index (χ3n) is 2.27. The van der Waals surface area contributed by atoms with Gasteiger partial charge in [0.05, 0.1) is 5.69 Å². The molecule has 0 N–H and O–H groups in total. The lowest BCUT2D eigenvalue weighted by Gasteiger charge is -2.21. The zero-order valence-electron chi connectivity index (χ0n) is 10.2. The molecule has 0 bridgehead atoms. The fraction of sp³-hybridized carbons (Fsp3) is 0.357. The summed E-state index contributed by atoms with van der Waals surface area (Å²) in [7, 11) is 0. The maximum atomic E-state index is 5.70. The summed E-state index contributed by atoms with van der Waals surface area (Å²) >= 11 is 0. The number of ether oxygens (including phenoxy) is 1. The minimum absolute atomic E-state index is 0.0973. The lowest BCUT2D eigenvalue weighted by atomic mass is 9.94. The standard InChI is InChI=1S/C14H17NO/c1-10-15-12-8-6-5-7-11(12)13(16-10)9-14(2,3)4/h5-9H,1-4H3/b13-9+. The van der Waals surface area contributed by atoms with Crippen LogP contribution in [0.2, 0.25) is 0 Å². The third-order valence-corrected chi connectivity index (χ3v) is 2.27. The summed E-state index contributed by atoms with van der Waals surface area (Å²) in [6.45, 7) is 8.36. The number of allylic oxidation sites excluding steroid dienone is 1. The van der Waals surface area contributed by atoms with Gasteiger partial charge in [0.25, 0.3) is 0 Å². The van der Waals surface area contributed by atoms with E-state index in [0.717, 1.165) is 17.0 Å². The molecule has 1 aliphatic heterocycles. The number of aliphatic imine (C=N–C) groups is 1. The zero-order chi connectivity index (χ0) is 11.8. The van der Waals surface area contributed by atoms with Gasteiger partial charge in [0.1, 0.15) is 5.76 Å². The molecule has 16 heavy (non-hydrogen) atoms. The Labute approximate surface area is 96.7 Å². The Balaban J connectivity index is 2.52. The van der Waals surface area contributed by atoms with Crippen molar-refractivity contribution in [3.63, 3.8) is 0 Å². The van der Waals surface area contributed by atoms with E-state index in [0.29, 0.717) is 5.90 Å². The number of hydrogen-bond donors (Lipinski definition) is 0. The Morgan fingerprint density at radius 3 is 2.56 bits per heavy atom. The van der Waals surface area contributed by atoms with Gasteiger partial charge < -0.3 is 4.74 Å². The van der Waals surface area contributed by atoms with Gasteiger partial charge in [0.15, 0.2) is 5.90 Å². The second-order valence-corrected chi connectivity index (χ2v) is 5.12. The molecule has 0 saturated heterocycles. The minimum atomic E-state index is 0.0973. The molecule has 2 rings (SSSR count). The van der Waals surface area contributed by atoms with Crippen LogP contribution in [0.25, 0.3) is 5.76 Å². The van der Waals surface area contributed by atoms with Crippen LogP contribution in [0.4, 0.5) is 5.69 Å². The second kappa shape index (κ2) is 3.78. The van der Waals surface area contributed by atoms with E-state index in [1.807, 2.05) is 31.2 Å². The van der Waals surface area contributed by atoms with E-state index in [9.17, 15) is 0 Å². The van der Waals surface area contributed by atoms with E-state index in [-0.39, 0.29) is 5.41 Å². The summed E-state index contributed by atoms with van der Waals surface area (Å²) in [5.41, 5.74) is 2.16. The van der Waals surface area contributed by atoms with Gasteiger partial charge in [-0.1, -0.05) is 32.9 Å². The molecule has 0 aromatic heterocycles. The highest BCUT2D eigenvalue weighted by molar-refractivity contribution is 5.90. The molecule has 0 saturated carbocycles. The molecule has 0 fully saturated rings. The Kier molecular flexibility index (Phi) is 2.58. The maximum Gasteiger partial charge on any atom is 0.192 e. The summed E-state index contributed by atoms with van der Waals surface area (Å²) in [6, 6.07) is 8.06. The first-order chi connectivity index (χ1) is 7.46. The van der Waals surface area contributed by atoms with Crippen molar-refractivity contribution in [3.8, 4) is 0 Å². The van der Waals surface area contributed by atoms with Gasteiger partial charge >= 0.3 is 0 Å². The SMILES string of the molecule is CC1=Nc2ccccc2/C(=C\C(C)(C)C)O1. The number of benzene rings is 1. The molecule has 1 aliphatic rings. The van der Waals surface area contributed by atoms with Crippen LogP contribution in [0, 0.1) is 5.41 Å². The molecule has 84 valence electrons. The predicted octanol–water partition coefficient (Wildman–Crippen LogP) is 4.15. The van der Waals surface area contributed by atoms with Crippen LogP contribution >= 0.6 is 0 Å². The maximum absolute atomic E-state index is 5.70. The minimum Gasteiger partial charge on any atom is -0.443 e.